The number of terminal acetylenes is 1. The van der Waals surface area contributed by atoms with E-state index in [4.69, 9.17) is 15.9 Å². The van der Waals surface area contributed by atoms with E-state index in [0.717, 1.165) is 12.0 Å². The number of hydrogen-bond acceptors (Lipinski definition) is 4. The molecule has 0 aliphatic heterocycles. The van der Waals surface area contributed by atoms with Crippen LogP contribution in [0.4, 0.5) is 0 Å². The Kier molecular flexibility index (Phi) is 3.99. The van der Waals surface area contributed by atoms with E-state index in [1.54, 1.807) is 0 Å². The maximum atomic E-state index is 12.2. The summed E-state index contributed by atoms with van der Waals surface area (Å²) in [6.45, 7) is 0. The van der Waals surface area contributed by atoms with E-state index in [9.17, 15) is 9.59 Å². The Morgan fingerprint density at radius 3 is 2.40 bits per heavy atom. The van der Waals surface area contributed by atoms with Crippen molar-refractivity contribution in [3.05, 3.63) is 23.8 Å². The molecule has 0 amide bonds. The normalized spacial score (nSPS) is 23.1. The van der Waals surface area contributed by atoms with Crippen molar-refractivity contribution >= 4 is 11.9 Å². The van der Waals surface area contributed by atoms with Gasteiger partial charge in [0.1, 0.15) is 0 Å². The molecule has 2 rings (SSSR count). The molecule has 0 heterocycles. The third-order valence-corrected chi connectivity index (χ3v) is 4.08. The first-order chi connectivity index (χ1) is 9.57. The smallest absolute Gasteiger partial charge is 0.324 e. The molecule has 106 valence electrons. The lowest BCUT2D eigenvalue weighted by Gasteiger charge is -2.28. The first-order valence-electron chi connectivity index (χ1n) is 6.56. The Morgan fingerprint density at radius 1 is 1.35 bits per heavy atom. The van der Waals surface area contributed by atoms with Crippen LogP contribution in [0.1, 0.15) is 19.3 Å². The van der Waals surface area contributed by atoms with Gasteiger partial charge in [0.25, 0.3) is 0 Å². The van der Waals surface area contributed by atoms with Gasteiger partial charge in [-0.15, -0.1) is 12.3 Å². The molecule has 20 heavy (non-hydrogen) atoms. The molecule has 0 radical (unpaired) electrons. The molecule has 0 fully saturated rings. The molecule has 0 saturated carbocycles. The Hall–Kier alpha value is -2.02. The first kappa shape index (κ1) is 14.4. The minimum Gasteiger partial charge on any atom is -0.468 e. The number of ether oxygens (including phenoxy) is 2. The van der Waals surface area contributed by atoms with Crippen molar-refractivity contribution in [2.45, 2.75) is 19.3 Å². The maximum absolute atomic E-state index is 12.2. The highest BCUT2D eigenvalue weighted by atomic mass is 16.5. The van der Waals surface area contributed by atoms with Crippen molar-refractivity contribution in [3.63, 3.8) is 0 Å². The van der Waals surface area contributed by atoms with Crippen LogP contribution in [0.5, 0.6) is 0 Å². The molecule has 2 atom stereocenters. The van der Waals surface area contributed by atoms with Gasteiger partial charge in [0.2, 0.25) is 0 Å². The fourth-order valence-corrected chi connectivity index (χ4v) is 3.06. The molecule has 4 heteroatoms. The molecular weight excluding hydrogens is 256 g/mol. The summed E-state index contributed by atoms with van der Waals surface area (Å²) in [5, 5.41) is 0. The van der Waals surface area contributed by atoms with Gasteiger partial charge in [0, 0.05) is 6.42 Å². The van der Waals surface area contributed by atoms with Gasteiger partial charge in [0.15, 0.2) is 5.41 Å². The molecule has 0 saturated heterocycles. The number of esters is 2. The van der Waals surface area contributed by atoms with Gasteiger partial charge in [0.05, 0.1) is 14.2 Å². The van der Waals surface area contributed by atoms with Crippen LogP contribution in [-0.4, -0.2) is 26.2 Å². The monoisotopic (exact) mass is 274 g/mol. The second-order valence-corrected chi connectivity index (χ2v) is 5.26. The van der Waals surface area contributed by atoms with Crippen molar-refractivity contribution < 1.29 is 19.1 Å². The Bertz CT molecular complexity index is 505. The molecule has 0 aromatic carbocycles. The van der Waals surface area contributed by atoms with Crippen LogP contribution >= 0.6 is 0 Å². The number of hydrogen-bond donors (Lipinski definition) is 0. The third kappa shape index (κ3) is 2.24. The number of allylic oxidation sites excluding steroid dienone is 4. The minimum atomic E-state index is -1.43. The van der Waals surface area contributed by atoms with Crippen LogP contribution < -0.4 is 0 Å². The lowest BCUT2D eigenvalue weighted by Crippen LogP contribution is -2.41. The van der Waals surface area contributed by atoms with Crippen LogP contribution in [0, 0.1) is 29.6 Å². The molecule has 2 unspecified atom stereocenters. The largest absolute Gasteiger partial charge is 0.468 e. The Labute approximate surface area is 118 Å². The minimum absolute atomic E-state index is 0.0230. The van der Waals surface area contributed by atoms with Gasteiger partial charge in [-0.05, 0) is 24.7 Å². The summed E-state index contributed by atoms with van der Waals surface area (Å²) in [5.41, 5.74) is -0.355. The lowest BCUT2D eigenvalue weighted by atomic mass is 9.76. The first-order valence-corrected chi connectivity index (χ1v) is 6.56. The summed E-state index contributed by atoms with van der Waals surface area (Å²) < 4.78 is 9.60. The molecule has 0 aromatic heterocycles. The van der Waals surface area contributed by atoms with Crippen molar-refractivity contribution in [2.75, 3.05) is 14.2 Å². The van der Waals surface area contributed by atoms with Gasteiger partial charge < -0.3 is 9.47 Å². The second kappa shape index (κ2) is 5.54. The summed E-state index contributed by atoms with van der Waals surface area (Å²) in [4.78, 5) is 24.3. The predicted octanol–water partition coefficient (Wildman–Crippen LogP) is 1.86. The molecule has 2 aliphatic carbocycles. The van der Waals surface area contributed by atoms with E-state index in [0.29, 0.717) is 11.8 Å². The molecule has 0 aromatic rings. The van der Waals surface area contributed by atoms with E-state index in [1.165, 1.54) is 14.2 Å². The summed E-state index contributed by atoms with van der Waals surface area (Å²) in [7, 11) is 2.51. The van der Waals surface area contributed by atoms with E-state index < -0.39 is 17.4 Å². The van der Waals surface area contributed by atoms with Gasteiger partial charge in [-0.25, -0.2) is 0 Å². The molecule has 2 aliphatic rings. The van der Waals surface area contributed by atoms with Gasteiger partial charge in [-0.1, -0.05) is 23.8 Å². The average Bonchev–Trinajstić information content (AvgIpc) is 3.07. The van der Waals surface area contributed by atoms with E-state index in [-0.39, 0.29) is 12.8 Å². The lowest BCUT2D eigenvalue weighted by molar-refractivity contribution is -0.168. The second-order valence-electron chi connectivity index (χ2n) is 5.26. The van der Waals surface area contributed by atoms with Crippen LogP contribution in [0.15, 0.2) is 23.8 Å². The van der Waals surface area contributed by atoms with Crippen molar-refractivity contribution in [1.82, 2.24) is 0 Å². The average molecular weight is 274 g/mol. The van der Waals surface area contributed by atoms with Gasteiger partial charge in [-0.3, -0.25) is 9.59 Å². The number of methoxy groups -OCH3 is 2. The molecule has 0 N–H and O–H groups in total. The van der Waals surface area contributed by atoms with E-state index in [2.05, 4.69) is 24.1 Å². The van der Waals surface area contributed by atoms with Gasteiger partial charge >= 0.3 is 11.9 Å². The zero-order chi connectivity index (χ0) is 14.8. The predicted molar refractivity (Wildman–Crippen MR) is 73.4 cm³/mol. The number of fused-ring (bicyclic) bond motifs is 2. The van der Waals surface area contributed by atoms with Crippen LogP contribution in [0.3, 0.4) is 0 Å². The number of carbonyl (C=O) groups excluding carboxylic acids is 2. The zero-order valence-electron chi connectivity index (χ0n) is 11.7. The quantitative estimate of drug-likeness (QED) is 0.332. The van der Waals surface area contributed by atoms with Crippen LogP contribution in [-0.2, 0) is 19.1 Å². The zero-order valence-corrected chi connectivity index (χ0v) is 11.7. The topological polar surface area (TPSA) is 52.6 Å². The van der Waals surface area contributed by atoms with E-state index in [1.807, 2.05) is 0 Å². The van der Waals surface area contributed by atoms with Crippen LogP contribution in [0.25, 0.3) is 0 Å². The summed E-state index contributed by atoms with van der Waals surface area (Å²) in [6.07, 6.45) is 13.0. The molecule has 2 bridgehead atoms. The SMILES string of the molecule is C#CCC(CC1=CC2C=CC1C2)(C(=O)OC)C(=O)OC. The maximum Gasteiger partial charge on any atom is 0.324 e. The van der Waals surface area contributed by atoms with Crippen molar-refractivity contribution in [1.29, 1.82) is 0 Å². The van der Waals surface area contributed by atoms with Crippen LogP contribution in [0.2, 0.25) is 0 Å². The van der Waals surface area contributed by atoms with E-state index >= 15 is 0 Å². The fourth-order valence-electron chi connectivity index (χ4n) is 3.06. The standard InChI is InChI=1S/C16H18O4/c1-4-7-16(14(17)19-2,15(18)20-3)10-13-9-11-5-6-12(13)8-11/h1,5-6,9,11-12H,7-8,10H2,2-3H3. The Balaban J connectivity index is 2.31. The number of rotatable bonds is 5. The molecule has 0 spiro atoms. The van der Waals surface area contributed by atoms with Gasteiger partial charge in [-0.2, -0.15) is 0 Å². The highest BCUT2D eigenvalue weighted by Crippen LogP contribution is 2.45. The Morgan fingerprint density at radius 2 is 2.00 bits per heavy atom. The summed E-state index contributed by atoms with van der Waals surface area (Å²) in [5.74, 6) is 1.86. The summed E-state index contributed by atoms with van der Waals surface area (Å²) in [6, 6.07) is 0. The van der Waals surface area contributed by atoms with Crippen molar-refractivity contribution in [3.8, 4) is 12.3 Å². The summed E-state index contributed by atoms with van der Waals surface area (Å²) >= 11 is 0. The molecule has 4 nitrogen and oxygen atoms in total. The highest BCUT2D eigenvalue weighted by Gasteiger charge is 2.49. The highest BCUT2D eigenvalue weighted by molar-refractivity contribution is 6.00. The number of carbonyl (C=O) groups is 2. The fraction of sp³-hybridized carbons (Fsp3) is 0.500. The molecular formula is C16H18O4. The van der Waals surface area contributed by atoms with Crippen molar-refractivity contribution in [2.24, 2.45) is 17.3 Å². The third-order valence-electron chi connectivity index (χ3n) is 4.08.